The van der Waals surface area contributed by atoms with E-state index in [1.165, 1.54) is 7.11 Å². The first-order valence-corrected chi connectivity index (χ1v) is 7.75. The van der Waals surface area contributed by atoms with Gasteiger partial charge in [-0.1, -0.05) is 25.9 Å². The SMILES string of the molecule is COC(=O)C12CCC(c3noc(C(C)(C)C)n3)(CC1)CC2. The minimum Gasteiger partial charge on any atom is -0.469 e. The Hall–Kier alpha value is -1.39. The lowest BCUT2D eigenvalue weighted by atomic mass is 9.53. The zero-order chi connectivity index (χ0) is 15.3. The van der Waals surface area contributed by atoms with Crippen LogP contribution in [-0.2, 0) is 20.4 Å². The first kappa shape index (κ1) is 14.5. The molecule has 21 heavy (non-hydrogen) atoms. The van der Waals surface area contributed by atoms with E-state index in [9.17, 15) is 4.79 Å². The van der Waals surface area contributed by atoms with E-state index in [4.69, 9.17) is 9.26 Å². The Morgan fingerprint density at radius 1 is 1.14 bits per heavy atom. The highest BCUT2D eigenvalue weighted by Gasteiger charge is 2.55. The number of nitrogens with zero attached hydrogens (tertiary/aromatic N) is 2. The average Bonchev–Trinajstić information content (AvgIpc) is 2.99. The Morgan fingerprint density at radius 3 is 2.14 bits per heavy atom. The average molecular weight is 292 g/mol. The smallest absolute Gasteiger partial charge is 0.311 e. The fraction of sp³-hybridized carbons (Fsp3) is 0.812. The van der Waals surface area contributed by atoms with E-state index in [1.807, 2.05) is 0 Å². The molecule has 3 aliphatic rings. The summed E-state index contributed by atoms with van der Waals surface area (Å²) >= 11 is 0. The summed E-state index contributed by atoms with van der Waals surface area (Å²) in [6.45, 7) is 6.23. The van der Waals surface area contributed by atoms with Gasteiger partial charge in [0.05, 0.1) is 12.5 Å². The Labute approximate surface area is 125 Å². The van der Waals surface area contributed by atoms with Gasteiger partial charge in [0, 0.05) is 10.8 Å². The van der Waals surface area contributed by atoms with Crippen molar-refractivity contribution in [3.63, 3.8) is 0 Å². The lowest BCUT2D eigenvalue weighted by Crippen LogP contribution is -2.48. The number of carbonyl (C=O) groups excluding carboxylic acids is 1. The number of aromatic nitrogens is 2. The maximum atomic E-state index is 12.0. The third-order valence-electron chi connectivity index (χ3n) is 5.41. The van der Waals surface area contributed by atoms with Gasteiger partial charge in [-0.05, 0) is 38.5 Å². The molecule has 0 saturated heterocycles. The second-order valence-electron chi connectivity index (χ2n) is 7.73. The third-order valence-corrected chi connectivity index (χ3v) is 5.41. The second-order valence-corrected chi connectivity index (χ2v) is 7.73. The molecule has 3 fully saturated rings. The molecular weight excluding hydrogens is 268 g/mol. The van der Waals surface area contributed by atoms with E-state index in [0.29, 0.717) is 5.89 Å². The monoisotopic (exact) mass is 292 g/mol. The van der Waals surface area contributed by atoms with Crippen molar-refractivity contribution in [1.82, 2.24) is 10.1 Å². The molecule has 0 aromatic carbocycles. The Kier molecular flexibility index (Phi) is 3.15. The minimum absolute atomic E-state index is 0.00275. The number of ether oxygens (including phenoxy) is 1. The van der Waals surface area contributed by atoms with Crippen LogP contribution in [0.5, 0.6) is 0 Å². The van der Waals surface area contributed by atoms with E-state index in [0.717, 1.165) is 44.3 Å². The van der Waals surface area contributed by atoms with E-state index >= 15 is 0 Å². The maximum Gasteiger partial charge on any atom is 0.311 e. The Balaban J connectivity index is 1.83. The van der Waals surface area contributed by atoms with Gasteiger partial charge in [-0.3, -0.25) is 4.79 Å². The molecule has 0 aliphatic heterocycles. The normalized spacial score (nSPS) is 32.2. The number of hydrogen-bond acceptors (Lipinski definition) is 5. The minimum atomic E-state index is -0.257. The van der Waals surface area contributed by atoms with Gasteiger partial charge >= 0.3 is 5.97 Å². The largest absolute Gasteiger partial charge is 0.469 e. The van der Waals surface area contributed by atoms with Crippen LogP contribution in [-0.4, -0.2) is 23.2 Å². The third kappa shape index (κ3) is 2.17. The van der Waals surface area contributed by atoms with E-state index in [2.05, 4.69) is 30.9 Å². The van der Waals surface area contributed by atoms with E-state index in [1.54, 1.807) is 0 Å². The van der Waals surface area contributed by atoms with Gasteiger partial charge in [0.15, 0.2) is 5.82 Å². The summed E-state index contributed by atoms with van der Waals surface area (Å²) < 4.78 is 10.5. The van der Waals surface area contributed by atoms with Crippen LogP contribution < -0.4 is 0 Å². The number of carbonyl (C=O) groups is 1. The fourth-order valence-electron chi connectivity index (χ4n) is 3.79. The van der Waals surface area contributed by atoms with Crippen molar-refractivity contribution >= 4 is 5.97 Å². The zero-order valence-corrected chi connectivity index (χ0v) is 13.4. The molecule has 0 radical (unpaired) electrons. The summed E-state index contributed by atoms with van der Waals surface area (Å²) in [4.78, 5) is 16.7. The summed E-state index contributed by atoms with van der Waals surface area (Å²) in [6.07, 6.45) is 5.47. The molecule has 116 valence electrons. The molecular formula is C16H24N2O3. The Morgan fingerprint density at radius 2 is 1.71 bits per heavy atom. The summed E-state index contributed by atoms with van der Waals surface area (Å²) in [6, 6.07) is 0. The number of rotatable bonds is 2. The molecule has 1 heterocycles. The highest BCUT2D eigenvalue weighted by molar-refractivity contribution is 5.77. The van der Waals surface area contributed by atoms with Crippen LogP contribution in [0.3, 0.4) is 0 Å². The van der Waals surface area contributed by atoms with Crippen LogP contribution in [0.4, 0.5) is 0 Å². The maximum absolute atomic E-state index is 12.0. The van der Waals surface area contributed by atoms with Crippen LogP contribution in [0, 0.1) is 5.41 Å². The topological polar surface area (TPSA) is 65.2 Å². The van der Waals surface area contributed by atoms with Crippen LogP contribution >= 0.6 is 0 Å². The van der Waals surface area contributed by atoms with Gasteiger partial charge in [-0.15, -0.1) is 0 Å². The van der Waals surface area contributed by atoms with Gasteiger partial charge in [0.1, 0.15) is 0 Å². The van der Waals surface area contributed by atoms with Crippen molar-refractivity contribution in [3.05, 3.63) is 11.7 Å². The summed E-state index contributed by atoms with van der Waals surface area (Å²) in [5.41, 5.74) is -0.378. The second kappa shape index (κ2) is 4.55. The summed E-state index contributed by atoms with van der Waals surface area (Å²) in [5, 5.41) is 4.26. The quantitative estimate of drug-likeness (QED) is 0.783. The molecule has 3 aliphatic carbocycles. The molecule has 4 rings (SSSR count). The lowest BCUT2D eigenvalue weighted by Gasteiger charge is -2.50. The first-order chi connectivity index (χ1) is 9.81. The molecule has 1 aromatic rings. The van der Waals surface area contributed by atoms with Crippen LogP contribution in [0.15, 0.2) is 4.52 Å². The standard InChI is InChI=1S/C16H24N2O3/c1-14(2,3)12-17-11(18-21-12)15-5-8-16(9-6-15,10-7-15)13(19)20-4/h5-10H2,1-4H3. The van der Waals surface area contributed by atoms with Crippen molar-refractivity contribution in [2.24, 2.45) is 5.41 Å². The molecule has 1 aromatic heterocycles. The highest BCUT2D eigenvalue weighted by atomic mass is 16.5. The van der Waals surface area contributed by atoms with E-state index in [-0.39, 0.29) is 22.2 Å². The number of esters is 1. The van der Waals surface area contributed by atoms with E-state index < -0.39 is 0 Å². The molecule has 0 amide bonds. The van der Waals surface area contributed by atoms with Gasteiger partial charge in [0.25, 0.3) is 0 Å². The molecule has 5 nitrogen and oxygen atoms in total. The molecule has 0 spiro atoms. The molecule has 0 unspecified atom stereocenters. The number of fused-ring (bicyclic) bond motifs is 3. The highest BCUT2D eigenvalue weighted by Crippen LogP contribution is 2.57. The van der Waals surface area contributed by atoms with Crippen molar-refractivity contribution in [2.45, 2.75) is 70.1 Å². The fourth-order valence-corrected chi connectivity index (χ4v) is 3.79. The van der Waals surface area contributed by atoms with Gasteiger partial charge in [-0.2, -0.15) is 4.98 Å². The number of methoxy groups -OCH3 is 1. The van der Waals surface area contributed by atoms with Crippen LogP contribution in [0.2, 0.25) is 0 Å². The van der Waals surface area contributed by atoms with Crippen molar-refractivity contribution in [1.29, 1.82) is 0 Å². The van der Waals surface area contributed by atoms with Crippen LogP contribution in [0.1, 0.15) is 71.0 Å². The summed E-state index contributed by atoms with van der Waals surface area (Å²) in [5.74, 6) is 1.49. The summed E-state index contributed by atoms with van der Waals surface area (Å²) in [7, 11) is 1.49. The Bertz CT molecular complexity index is 532. The first-order valence-electron chi connectivity index (χ1n) is 7.75. The van der Waals surface area contributed by atoms with Crippen LogP contribution in [0.25, 0.3) is 0 Å². The van der Waals surface area contributed by atoms with Gasteiger partial charge in [-0.25, -0.2) is 0 Å². The van der Waals surface area contributed by atoms with Crippen molar-refractivity contribution < 1.29 is 14.1 Å². The molecule has 5 heteroatoms. The van der Waals surface area contributed by atoms with Gasteiger partial charge < -0.3 is 9.26 Å². The molecule has 2 bridgehead atoms. The van der Waals surface area contributed by atoms with Crippen molar-refractivity contribution in [3.8, 4) is 0 Å². The molecule has 3 saturated carbocycles. The molecule has 0 N–H and O–H groups in total. The number of hydrogen-bond donors (Lipinski definition) is 0. The zero-order valence-electron chi connectivity index (χ0n) is 13.4. The predicted molar refractivity (Wildman–Crippen MR) is 76.8 cm³/mol. The van der Waals surface area contributed by atoms with Gasteiger partial charge in [0.2, 0.25) is 5.89 Å². The molecule has 0 atom stereocenters. The predicted octanol–water partition coefficient (Wildman–Crippen LogP) is 3.13. The lowest BCUT2D eigenvalue weighted by molar-refractivity contribution is -0.160. The van der Waals surface area contributed by atoms with Crippen molar-refractivity contribution in [2.75, 3.05) is 7.11 Å².